The third kappa shape index (κ3) is 7.54. The van der Waals surface area contributed by atoms with Gasteiger partial charge < -0.3 is 20.5 Å². The Labute approximate surface area is 139 Å². The minimum atomic E-state index is -4.46. The summed E-state index contributed by atoms with van der Waals surface area (Å²) in [4.78, 5) is 11.9. The highest BCUT2D eigenvalue weighted by Gasteiger charge is 2.29. The first kappa shape index (κ1) is 20.1. The molecule has 136 valence electrons. The number of alkyl halides is 3. The molecule has 0 aliphatic heterocycles. The van der Waals surface area contributed by atoms with E-state index in [1.165, 1.54) is 12.1 Å². The fourth-order valence-corrected chi connectivity index (χ4v) is 1.89. The Balaban J connectivity index is 2.71. The van der Waals surface area contributed by atoms with E-state index in [1.54, 1.807) is 13.0 Å². The van der Waals surface area contributed by atoms with Gasteiger partial charge in [-0.1, -0.05) is 19.9 Å². The van der Waals surface area contributed by atoms with Crippen molar-refractivity contribution in [1.29, 1.82) is 0 Å². The van der Waals surface area contributed by atoms with Gasteiger partial charge in [-0.05, 0) is 36.5 Å². The molecule has 0 radical (unpaired) electrons. The summed E-state index contributed by atoms with van der Waals surface area (Å²) in [6.45, 7) is 4.35. The first-order valence-corrected chi connectivity index (χ1v) is 7.48. The summed E-state index contributed by atoms with van der Waals surface area (Å²) >= 11 is 0. The quantitative estimate of drug-likeness (QED) is 0.707. The predicted molar refractivity (Wildman–Crippen MR) is 85.2 cm³/mol. The van der Waals surface area contributed by atoms with E-state index >= 15 is 0 Å². The Morgan fingerprint density at radius 3 is 2.54 bits per heavy atom. The van der Waals surface area contributed by atoms with Crippen molar-refractivity contribution in [3.05, 3.63) is 23.8 Å². The van der Waals surface area contributed by atoms with E-state index in [-0.39, 0.29) is 23.5 Å². The smallest absolute Gasteiger partial charge is 0.422 e. The van der Waals surface area contributed by atoms with Crippen LogP contribution in [0.25, 0.3) is 0 Å². The van der Waals surface area contributed by atoms with Crippen molar-refractivity contribution in [2.45, 2.75) is 33.4 Å². The number of aryl methyl sites for hydroxylation is 1. The Morgan fingerprint density at radius 1 is 1.29 bits per heavy atom. The highest BCUT2D eigenvalue weighted by molar-refractivity contribution is 5.91. The molecule has 1 aromatic rings. The predicted octanol–water partition coefficient (Wildman–Crippen LogP) is 3.47. The maximum absolute atomic E-state index is 12.3. The fourth-order valence-electron chi connectivity index (χ4n) is 1.89. The van der Waals surface area contributed by atoms with Crippen molar-refractivity contribution >= 4 is 11.7 Å². The highest BCUT2D eigenvalue weighted by Crippen LogP contribution is 2.28. The third-order valence-corrected chi connectivity index (χ3v) is 3.29. The number of benzene rings is 1. The van der Waals surface area contributed by atoms with Crippen LogP contribution in [-0.4, -0.2) is 37.1 Å². The van der Waals surface area contributed by atoms with Gasteiger partial charge >= 0.3 is 12.2 Å². The maximum atomic E-state index is 12.3. The van der Waals surface area contributed by atoms with Crippen molar-refractivity contribution in [3.8, 4) is 5.75 Å². The van der Waals surface area contributed by atoms with Crippen LogP contribution in [0.4, 0.5) is 23.7 Å². The molecule has 24 heavy (non-hydrogen) atoms. The molecule has 0 spiro atoms. The monoisotopic (exact) mass is 348 g/mol. The molecular formula is C16H23F3N2O3. The van der Waals surface area contributed by atoms with Gasteiger partial charge in [0.05, 0.1) is 5.69 Å². The number of hydrogen-bond acceptors (Lipinski definition) is 3. The second kappa shape index (κ2) is 8.23. The molecule has 3 N–H and O–H groups in total. The maximum Gasteiger partial charge on any atom is 0.422 e. The average molecular weight is 348 g/mol. The van der Waals surface area contributed by atoms with Gasteiger partial charge in [-0.25, -0.2) is 4.79 Å². The van der Waals surface area contributed by atoms with E-state index in [0.717, 1.165) is 0 Å². The van der Waals surface area contributed by atoms with E-state index < -0.39 is 18.8 Å². The van der Waals surface area contributed by atoms with Crippen LogP contribution in [0.3, 0.4) is 0 Å². The van der Waals surface area contributed by atoms with Crippen LogP contribution < -0.4 is 15.4 Å². The second-order valence-electron chi connectivity index (χ2n) is 6.35. The fraction of sp³-hybridized carbons (Fsp3) is 0.562. The second-order valence-corrected chi connectivity index (χ2v) is 6.35. The van der Waals surface area contributed by atoms with Crippen LogP contribution in [0.15, 0.2) is 18.2 Å². The number of amides is 2. The molecule has 1 aromatic carbocycles. The van der Waals surface area contributed by atoms with Crippen molar-refractivity contribution in [3.63, 3.8) is 0 Å². The number of aliphatic hydroxyl groups excluding tert-OH is 1. The summed E-state index contributed by atoms with van der Waals surface area (Å²) in [6.07, 6.45) is -3.95. The standard InChI is InChI=1S/C16H23F3N2O3/c1-11-4-5-12(13(8-11)24-10-16(17,18)19)21-14(23)20-9-15(2,3)6-7-22/h4-5,8,22H,6-7,9-10H2,1-3H3,(H2,20,21,23). The highest BCUT2D eigenvalue weighted by atomic mass is 19.4. The number of ether oxygens (including phenoxy) is 1. The molecule has 0 bridgehead atoms. The van der Waals surface area contributed by atoms with Gasteiger partial charge in [0.1, 0.15) is 5.75 Å². The Bertz CT molecular complexity index is 560. The number of anilines is 1. The van der Waals surface area contributed by atoms with Crippen molar-refractivity contribution in [2.24, 2.45) is 5.41 Å². The summed E-state index contributed by atoms with van der Waals surface area (Å²) < 4.78 is 41.7. The van der Waals surface area contributed by atoms with Gasteiger partial charge in [0, 0.05) is 13.2 Å². The molecule has 0 saturated heterocycles. The molecule has 0 saturated carbocycles. The van der Waals surface area contributed by atoms with Crippen LogP contribution in [0.2, 0.25) is 0 Å². The molecule has 2 amide bonds. The largest absolute Gasteiger partial charge is 0.482 e. The molecule has 0 fully saturated rings. The van der Waals surface area contributed by atoms with Crippen LogP contribution in [0.5, 0.6) is 5.75 Å². The molecular weight excluding hydrogens is 325 g/mol. The minimum absolute atomic E-state index is 0.00366. The number of aliphatic hydroxyl groups is 1. The van der Waals surface area contributed by atoms with Crippen LogP contribution >= 0.6 is 0 Å². The average Bonchev–Trinajstić information content (AvgIpc) is 2.45. The van der Waals surface area contributed by atoms with Gasteiger partial charge in [-0.2, -0.15) is 13.2 Å². The summed E-state index contributed by atoms with van der Waals surface area (Å²) in [7, 11) is 0. The first-order valence-electron chi connectivity index (χ1n) is 7.48. The van der Waals surface area contributed by atoms with E-state index in [0.29, 0.717) is 18.5 Å². The Kier molecular flexibility index (Phi) is 6.89. The van der Waals surface area contributed by atoms with Crippen LogP contribution in [-0.2, 0) is 0 Å². The zero-order valence-corrected chi connectivity index (χ0v) is 14.0. The molecule has 0 aliphatic rings. The molecule has 5 nitrogen and oxygen atoms in total. The zero-order chi connectivity index (χ0) is 18.4. The molecule has 0 aliphatic carbocycles. The molecule has 0 unspecified atom stereocenters. The lowest BCUT2D eigenvalue weighted by atomic mass is 9.90. The lowest BCUT2D eigenvalue weighted by Gasteiger charge is -2.24. The van der Waals surface area contributed by atoms with Gasteiger partial charge in [-0.15, -0.1) is 0 Å². The first-order chi connectivity index (χ1) is 11.0. The number of nitrogens with one attached hydrogen (secondary N) is 2. The number of urea groups is 1. The lowest BCUT2D eigenvalue weighted by molar-refractivity contribution is -0.153. The van der Waals surface area contributed by atoms with Crippen molar-refractivity contribution < 1.29 is 27.8 Å². The molecule has 8 heteroatoms. The summed E-state index contributed by atoms with van der Waals surface area (Å²) in [6, 6.07) is 4.02. The van der Waals surface area contributed by atoms with Gasteiger partial charge in [0.2, 0.25) is 0 Å². The number of hydrogen-bond donors (Lipinski definition) is 3. The number of rotatable bonds is 7. The van der Waals surface area contributed by atoms with Crippen LogP contribution in [0, 0.1) is 12.3 Å². The van der Waals surface area contributed by atoms with Gasteiger partial charge in [0.25, 0.3) is 0 Å². The topological polar surface area (TPSA) is 70.6 Å². The summed E-state index contributed by atoms with van der Waals surface area (Å²) in [5, 5.41) is 14.1. The third-order valence-electron chi connectivity index (χ3n) is 3.29. The number of carbonyl (C=O) groups excluding carboxylic acids is 1. The summed E-state index contributed by atoms with van der Waals surface area (Å²) in [5.74, 6) is -0.0444. The molecule has 0 aromatic heterocycles. The van der Waals surface area contributed by atoms with Crippen molar-refractivity contribution in [2.75, 3.05) is 25.1 Å². The van der Waals surface area contributed by atoms with Gasteiger partial charge in [-0.3, -0.25) is 0 Å². The Hall–Kier alpha value is -1.96. The van der Waals surface area contributed by atoms with E-state index in [1.807, 2.05) is 13.8 Å². The minimum Gasteiger partial charge on any atom is -0.482 e. The normalized spacial score (nSPS) is 12.0. The van der Waals surface area contributed by atoms with E-state index in [4.69, 9.17) is 9.84 Å². The molecule has 0 heterocycles. The van der Waals surface area contributed by atoms with Crippen LogP contribution in [0.1, 0.15) is 25.8 Å². The van der Waals surface area contributed by atoms with E-state index in [2.05, 4.69) is 10.6 Å². The van der Waals surface area contributed by atoms with Gasteiger partial charge in [0.15, 0.2) is 6.61 Å². The van der Waals surface area contributed by atoms with Crippen molar-refractivity contribution in [1.82, 2.24) is 5.32 Å². The summed E-state index contributed by atoms with van der Waals surface area (Å²) in [5.41, 5.74) is 0.569. The molecule has 1 rings (SSSR count). The van der Waals surface area contributed by atoms with E-state index in [9.17, 15) is 18.0 Å². The molecule has 0 atom stereocenters. The zero-order valence-electron chi connectivity index (χ0n) is 14.0. The number of carbonyl (C=O) groups is 1. The SMILES string of the molecule is Cc1ccc(NC(=O)NCC(C)(C)CCO)c(OCC(F)(F)F)c1. The number of halogens is 3. The Morgan fingerprint density at radius 2 is 1.96 bits per heavy atom. The lowest BCUT2D eigenvalue weighted by Crippen LogP contribution is -2.37.